The van der Waals surface area contributed by atoms with Gasteiger partial charge in [0.25, 0.3) is 0 Å². The van der Waals surface area contributed by atoms with Gasteiger partial charge in [-0.25, -0.2) is 0 Å². The van der Waals surface area contributed by atoms with Gasteiger partial charge in [0.05, 0.1) is 0 Å². The summed E-state index contributed by atoms with van der Waals surface area (Å²) < 4.78 is 0. The predicted octanol–water partition coefficient (Wildman–Crippen LogP) is 2.16. The smallest absolute Gasteiger partial charge is 0.191 e. The van der Waals surface area contributed by atoms with Gasteiger partial charge in [-0.1, -0.05) is 13.8 Å². The average molecular weight is 382 g/mol. The largest absolute Gasteiger partial charge is 0.356 e. The van der Waals surface area contributed by atoms with Crippen molar-refractivity contribution in [1.29, 1.82) is 0 Å². The number of nitrogens with one attached hydrogen (secondary N) is 2. The van der Waals surface area contributed by atoms with Crippen LogP contribution in [0, 0.1) is 11.8 Å². The van der Waals surface area contributed by atoms with Gasteiger partial charge in [-0.15, -0.1) is 24.0 Å². The van der Waals surface area contributed by atoms with Gasteiger partial charge in [-0.3, -0.25) is 4.99 Å². The molecule has 1 atom stereocenters. The Morgan fingerprint density at radius 2 is 1.89 bits per heavy atom. The van der Waals surface area contributed by atoms with Crippen LogP contribution >= 0.6 is 24.0 Å². The van der Waals surface area contributed by atoms with Crippen molar-refractivity contribution in [2.24, 2.45) is 16.8 Å². The summed E-state index contributed by atoms with van der Waals surface area (Å²) in [5.74, 6) is 2.54. The van der Waals surface area contributed by atoms with Crippen LogP contribution in [0.1, 0.15) is 33.1 Å². The van der Waals surface area contributed by atoms with Gasteiger partial charge >= 0.3 is 0 Å². The minimum atomic E-state index is 0. The zero-order valence-electron chi connectivity index (χ0n) is 13.1. The fraction of sp³-hybridized carbons (Fsp3) is 0.929. The molecule has 0 bridgehead atoms. The number of hydrogen-bond donors (Lipinski definition) is 2. The summed E-state index contributed by atoms with van der Waals surface area (Å²) in [6.45, 7) is 6.57. The Kier molecular flexibility index (Phi) is 9.78. The molecule has 1 aliphatic rings. The Balaban J connectivity index is 0.00000324. The molecule has 2 N–H and O–H groups in total. The van der Waals surface area contributed by atoms with Crippen molar-refractivity contribution in [2.75, 3.05) is 34.2 Å². The van der Waals surface area contributed by atoms with Gasteiger partial charge in [-0.05, 0) is 45.2 Å². The molecule has 1 saturated carbocycles. The van der Waals surface area contributed by atoms with E-state index >= 15 is 0 Å². The van der Waals surface area contributed by atoms with Gasteiger partial charge in [-0.2, -0.15) is 0 Å². The fourth-order valence-electron chi connectivity index (χ4n) is 2.02. The monoisotopic (exact) mass is 382 g/mol. The second kappa shape index (κ2) is 9.80. The molecule has 0 aromatic heterocycles. The Morgan fingerprint density at radius 1 is 1.26 bits per heavy atom. The van der Waals surface area contributed by atoms with E-state index in [1.807, 2.05) is 7.05 Å². The number of aliphatic imine (C=N–C) groups is 1. The highest BCUT2D eigenvalue weighted by molar-refractivity contribution is 14.0. The SMILES string of the molecule is CN=C(NCC1CC1)NCC(CC(C)C)N(C)C.I. The third-order valence-electron chi connectivity index (χ3n) is 3.46. The number of likely N-dealkylation sites (N-methyl/N-ethyl adjacent to an activating group) is 1. The topological polar surface area (TPSA) is 39.7 Å². The van der Waals surface area contributed by atoms with E-state index in [0.29, 0.717) is 6.04 Å². The summed E-state index contributed by atoms with van der Waals surface area (Å²) >= 11 is 0. The second-order valence-electron chi connectivity index (χ2n) is 6.02. The lowest BCUT2D eigenvalue weighted by Gasteiger charge is -2.27. The van der Waals surface area contributed by atoms with Crippen molar-refractivity contribution in [1.82, 2.24) is 15.5 Å². The first kappa shape index (κ1) is 19.0. The van der Waals surface area contributed by atoms with Gasteiger partial charge in [0.15, 0.2) is 5.96 Å². The highest BCUT2D eigenvalue weighted by Gasteiger charge is 2.21. The molecule has 0 aromatic carbocycles. The quantitative estimate of drug-likeness (QED) is 0.403. The highest BCUT2D eigenvalue weighted by atomic mass is 127. The zero-order valence-corrected chi connectivity index (χ0v) is 15.4. The summed E-state index contributed by atoms with van der Waals surface area (Å²) in [7, 11) is 6.14. The number of nitrogens with zero attached hydrogens (tertiary/aromatic N) is 2. The normalized spacial score (nSPS) is 17.3. The third kappa shape index (κ3) is 8.68. The molecule has 5 heteroatoms. The van der Waals surface area contributed by atoms with E-state index in [2.05, 4.69) is 48.5 Å². The first-order chi connectivity index (χ1) is 8.52. The first-order valence-corrected chi connectivity index (χ1v) is 7.13. The average Bonchev–Trinajstić information content (AvgIpc) is 3.10. The molecule has 4 nitrogen and oxygen atoms in total. The molecule has 114 valence electrons. The zero-order chi connectivity index (χ0) is 13.5. The third-order valence-corrected chi connectivity index (χ3v) is 3.46. The van der Waals surface area contributed by atoms with E-state index in [0.717, 1.165) is 30.9 Å². The van der Waals surface area contributed by atoms with Crippen molar-refractivity contribution in [3.8, 4) is 0 Å². The lowest BCUT2D eigenvalue weighted by atomic mass is 10.0. The van der Waals surface area contributed by atoms with Crippen molar-refractivity contribution >= 4 is 29.9 Å². The van der Waals surface area contributed by atoms with Crippen LogP contribution in [0.25, 0.3) is 0 Å². The minimum Gasteiger partial charge on any atom is -0.356 e. The lowest BCUT2D eigenvalue weighted by Crippen LogP contribution is -2.45. The maximum absolute atomic E-state index is 4.27. The van der Waals surface area contributed by atoms with E-state index in [1.54, 1.807) is 0 Å². The maximum Gasteiger partial charge on any atom is 0.191 e. The molecule has 19 heavy (non-hydrogen) atoms. The van der Waals surface area contributed by atoms with Gasteiger partial charge in [0.1, 0.15) is 0 Å². The summed E-state index contributed by atoms with van der Waals surface area (Å²) in [6.07, 6.45) is 3.95. The Hall–Kier alpha value is -0.0400. The lowest BCUT2D eigenvalue weighted by molar-refractivity contribution is 0.254. The molecule has 0 aromatic rings. The van der Waals surface area contributed by atoms with Crippen molar-refractivity contribution < 1.29 is 0 Å². The van der Waals surface area contributed by atoms with E-state index in [4.69, 9.17) is 0 Å². The fourth-order valence-corrected chi connectivity index (χ4v) is 2.02. The minimum absolute atomic E-state index is 0. The van der Waals surface area contributed by atoms with Crippen molar-refractivity contribution in [3.63, 3.8) is 0 Å². The molecular formula is C14H31IN4. The van der Waals surface area contributed by atoms with Crippen LogP contribution in [0.15, 0.2) is 4.99 Å². The molecule has 0 radical (unpaired) electrons. The van der Waals surface area contributed by atoms with Crippen LogP contribution < -0.4 is 10.6 Å². The first-order valence-electron chi connectivity index (χ1n) is 7.13. The van der Waals surface area contributed by atoms with Crippen LogP contribution in [-0.2, 0) is 0 Å². The van der Waals surface area contributed by atoms with Crippen LogP contribution in [0.3, 0.4) is 0 Å². The molecule has 0 aliphatic heterocycles. The Bertz CT molecular complexity index is 262. The summed E-state index contributed by atoms with van der Waals surface area (Å²) in [4.78, 5) is 6.57. The van der Waals surface area contributed by atoms with Gasteiger partial charge in [0.2, 0.25) is 0 Å². The number of guanidine groups is 1. The molecule has 0 saturated heterocycles. The van der Waals surface area contributed by atoms with Crippen LogP contribution in [0.5, 0.6) is 0 Å². The molecule has 0 heterocycles. The van der Waals surface area contributed by atoms with E-state index in [9.17, 15) is 0 Å². The molecule has 1 unspecified atom stereocenters. The van der Waals surface area contributed by atoms with Crippen molar-refractivity contribution in [2.45, 2.75) is 39.2 Å². The molecule has 0 amide bonds. The second-order valence-corrected chi connectivity index (χ2v) is 6.02. The highest BCUT2D eigenvalue weighted by Crippen LogP contribution is 2.27. The van der Waals surface area contributed by atoms with E-state index < -0.39 is 0 Å². The Morgan fingerprint density at radius 3 is 2.32 bits per heavy atom. The van der Waals surface area contributed by atoms with Crippen LogP contribution in [0.2, 0.25) is 0 Å². The molecule has 0 spiro atoms. The van der Waals surface area contributed by atoms with Gasteiger partial charge < -0.3 is 15.5 Å². The molecule has 1 rings (SSSR count). The Labute approximate surface area is 135 Å². The standard InChI is InChI=1S/C14H30N4.HI/c1-11(2)8-13(18(4)5)10-17-14(15-3)16-9-12-6-7-12;/h11-13H,6-10H2,1-5H3,(H2,15,16,17);1H. The van der Waals surface area contributed by atoms with Crippen LogP contribution in [0.4, 0.5) is 0 Å². The van der Waals surface area contributed by atoms with Crippen LogP contribution in [-0.4, -0.2) is 51.1 Å². The molecule has 1 fully saturated rings. The van der Waals surface area contributed by atoms with Crippen molar-refractivity contribution in [3.05, 3.63) is 0 Å². The summed E-state index contributed by atoms with van der Waals surface area (Å²) in [5, 5.41) is 6.84. The summed E-state index contributed by atoms with van der Waals surface area (Å²) in [5.41, 5.74) is 0. The molecular weight excluding hydrogens is 351 g/mol. The summed E-state index contributed by atoms with van der Waals surface area (Å²) in [6, 6.07) is 0.560. The van der Waals surface area contributed by atoms with E-state index in [1.165, 1.54) is 19.3 Å². The maximum atomic E-state index is 4.27. The van der Waals surface area contributed by atoms with E-state index in [-0.39, 0.29) is 24.0 Å². The predicted molar refractivity (Wildman–Crippen MR) is 94.4 cm³/mol. The number of halogens is 1. The number of rotatable bonds is 7. The molecule has 1 aliphatic carbocycles. The van der Waals surface area contributed by atoms with Gasteiger partial charge in [0, 0.05) is 26.2 Å². The number of hydrogen-bond acceptors (Lipinski definition) is 2.